The van der Waals surface area contributed by atoms with E-state index in [0.29, 0.717) is 3.79 Å². The maximum atomic E-state index is 12.0. The third kappa shape index (κ3) is 3.23. The van der Waals surface area contributed by atoms with E-state index in [1.54, 1.807) is 20.8 Å². The summed E-state index contributed by atoms with van der Waals surface area (Å²) in [5.41, 5.74) is 5.35. The fourth-order valence-corrected chi connectivity index (χ4v) is 2.72. The number of ether oxygens (including phenoxy) is 2. The maximum Gasteiger partial charge on any atom is 0.349 e. The van der Waals surface area contributed by atoms with Crippen LogP contribution in [0, 0.1) is 0 Å². The van der Waals surface area contributed by atoms with Gasteiger partial charge in [-0.3, -0.25) is 0 Å². The molecule has 0 aromatic carbocycles. The first-order valence-corrected chi connectivity index (χ1v) is 6.67. The molecular weight excluding hydrogens is 322 g/mol. The van der Waals surface area contributed by atoms with Crippen LogP contribution in [0.15, 0.2) is 3.79 Å². The lowest BCUT2D eigenvalue weighted by Crippen LogP contribution is -2.25. The molecule has 0 saturated carbocycles. The van der Waals surface area contributed by atoms with Crippen LogP contribution >= 0.6 is 27.3 Å². The number of hydrogen-bond acceptors (Lipinski definition) is 6. The molecule has 1 aromatic rings. The normalized spacial score (nSPS) is 11.2. The molecule has 0 unspecified atom stereocenters. The minimum atomic E-state index is -0.661. The summed E-state index contributed by atoms with van der Waals surface area (Å²) < 4.78 is 10.3. The van der Waals surface area contributed by atoms with Gasteiger partial charge in [0.25, 0.3) is 0 Å². The van der Waals surface area contributed by atoms with E-state index in [1.165, 1.54) is 7.11 Å². The molecule has 1 aromatic heterocycles. The Morgan fingerprint density at radius 1 is 1.28 bits per heavy atom. The Morgan fingerprint density at radius 3 is 2.28 bits per heavy atom. The predicted molar refractivity (Wildman–Crippen MR) is 72.9 cm³/mol. The monoisotopic (exact) mass is 335 g/mol. The number of nitrogens with two attached hydrogens (primary N) is 1. The largest absolute Gasteiger partial charge is 0.465 e. The maximum absolute atomic E-state index is 12.0. The van der Waals surface area contributed by atoms with Crippen molar-refractivity contribution in [2.75, 3.05) is 12.8 Å². The summed E-state index contributed by atoms with van der Waals surface area (Å²) in [5, 5.41) is 0. The van der Waals surface area contributed by atoms with Crippen molar-refractivity contribution in [2.45, 2.75) is 26.4 Å². The molecular formula is C11H14BrNO4S. The Labute approximate surface area is 117 Å². The first-order chi connectivity index (χ1) is 8.17. The average molecular weight is 336 g/mol. The highest BCUT2D eigenvalue weighted by molar-refractivity contribution is 9.11. The predicted octanol–water partition coefficient (Wildman–Crippen LogP) is 2.83. The second kappa shape index (κ2) is 5.27. The van der Waals surface area contributed by atoms with E-state index in [9.17, 15) is 9.59 Å². The lowest BCUT2D eigenvalue weighted by Gasteiger charge is -2.19. The number of hydrogen-bond donors (Lipinski definition) is 1. The highest BCUT2D eigenvalue weighted by atomic mass is 79.9. The van der Waals surface area contributed by atoms with E-state index in [4.69, 9.17) is 10.5 Å². The van der Waals surface area contributed by atoms with Gasteiger partial charge in [-0.2, -0.15) is 0 Å². The second-order valence-corrected chi connectivity index (χ2v) is 6.83. The highest BCUT2D eigenvalue weighted by Crippen LogP contribution is 2.37. The van der Waals surface area contributed by atoms with Gasteiger partial charge < -0.3 is 15.2 Å². The minimum Gasteiger partial charge on any atom is -0.465 e. The Morgan fingerprint density at radius 2 is 1.83 bits per heavy atom. The zero-order valence-corrected chi connectivity index (χ0v) is 12.9. The van der Waals surface area contributed by atoms with Crippen LogP contribution < -0.4 is 5.73 Å². The van der Waals surface area contributed by atoms with Crippen molar-refractivity contribution >= 4 is 44.9 Å². The Kier molecular flexibility index (Phi) is 4.39. The van der Waals surface area contributed by atoms with Crippen LogP contribution in [0.25, 0.3) is 0 Å². The Bertz CT molecular complexity index is 490. The van der Waals surface area contributed by atoms with Gasteiger partial charge in [-0.05, 0) is 36.7 Å². The summed E-state index contributed by atoms with van der Waals surface area (Å²) >= 11 is 4.23. The van der Waals surface area contributed by atoms with Gasteiger partial charge in [0.1, 0.15) is 16.0 Å². The third-order valence-corrected chi connectivity index (χ3v) is 3.76. The molecule has 0 bridgehead atoms. The molecule has 0 amide bonds. The summed E-state index contributed by atoms with van der Waals surface area (Å²) in [4.78, 5) is 23.7. The summed E-state index contributed by atoms with van der Waals surface area (Å²) in [5.74, 6) is -1.25. The Balaban J connectivity index is 3.22. The molecule has 0 aliphatic carbocycles. The number of halogens is 1. The number of esters is 2. The van der Waals surface area contributed by atoms with Gasteiger partial charge in [-0.25, -0.2) is 9.59 Å². The summed E-state index contributed by atoms with van der Waals surface area (Å²) in [7, 11) is 1.24. The lowest BCUT2D eigenvalue weighted by molar-refractivity contribution is 0.00674. The molecule has 7 heteroatoms. The standard InChI is InChI=1S/C11H14BrNO4S/c1-11(2,3)17-9(14)5-6(13)8(12)18-7(5)10(15)16-4/h13H2,1-4H3. The van der Waals surface area contributed by atoms with Crippen LogP contribution in [0.2, 0.25) is 0 Å². The number of thiophene rings is 1. The fourth-order valence-electron chi connectivity index (χ4n) is 1.18. The van der Waals surface area contributed by atoms with Crippen LogP contribution in [0.1, 0.15) is 40.8 Å². The van der Waals surface area contributed by atoms with E-state index >= 15 is 0 Å². The molecule has 1 rings (SSSR count). The molecule has 0 atom stereocenters. The number of rotatable bonds is 2. The van der Waals surface area contributed by atoms with Crippen molar-refractivity contribution in [2.24, 2.45) is 0 Å². The first kappa shape index (κ1) is 15.0. The van der Waals surface area contributed by atoms with Crippen molar-refractivity contribution in [3.8, 4) is 0 Å². The molecule has 18 heavy (non-hydrogen) atoms. The second-order valence-electron chi connectivity index (χ2n) is 4.49. The minimum absolute atomic E-state index is 0.0497. The highest BCUT2D eigenvalue weighted by Gasteiger charge is 2.29. The molecule has 0 saturated heterocycles. The van der Waals surface area contributed by atoms with Gasteiger partial charge >= 0.3 is 11.9 Å². The van der Waals surface area contributed by atoms with Crippen molar-refractivity contribution in [1.82, 2.24) is 0 Å². The van der Waals surface area contributed by atoms with E-state index in [1.807, 2.05) is 0 Å². The SMILES string of the molecule is COC(=O)c1sc(Br)c(N)c1C(=O)OC(C)(C)C. The van der Waals surface area contributed by atoms with Crippen LogP contribution in [0.5, 0.6) is 0 Å². The van der Waals surface area contributed by atoms with Crippen molar-refractivity contribution in [3.05, 3.63) is 14.2 Å². The van der Waals surface area contributed by atoms with Crippen molar-refractivity contribution in [3.63, 3.8) is 0 Å². The van der Waals surface area contributed by atoms with Crippen LogP contribution in [-0.4, -0.2) is 24.6 Å². The molecule has 0 spiro atoms. The molecule has 5 nitrogen and oxygen atoms in total. The Hall–Kier alpha value is -1.08. The van der Waals surface area contributed by atoms with Crippen molar-refractivity contribution < 1.29 is 19.1 Å². The molecule has 0 fully saturated rings. The fraction of sp³-hybridized carbons (Fsp3) is 0.455. The van der Waals surface area contributed by atoms with E-state index in [0.717, 1.165) is 11.3 Å². The lowest BCUT2D eigenvalue weighted by atomic mass is 10.1. The number of nitrogen functional groups attached to an aromatic ring is 1. The molecule has 0 aliphatic rings. The van der Waals surface area contributed by atoms with Gasteiger partial charge in [-0.15, -0.1) is 11.3 Å². The smallest absolute Gasteiger partial charge is 0.349 e. The van der Waals surface area contributed by atoms with Gasteiger partial charge in [-0.1, -0.05) is 0 Å². The molecule has 2 N–H and O–H groups in total. The zero-order chi connectivity index (χ0) is 14.1. The topological polar surface area (TPSA) is 78.6 Å². The van der Waals surface area contributed by atoms with Gasteiger partial charge in [0, 0.05) is 0 Å². The van der Waals surface area contributed by atoms with E-state index < -0.39 is 17.5 Å². The number of anilines is 1. The molecule has 100 valence electrons. The summed E-state index contributed by atoms with van der Waals surface area (Å²) in [6, 6.07) is 0. The van der Waals surface area contributed by atoms with Gasteiger partial charge in [0.2, 0.25) is 0 Å². The summed E-state index contributed by atoms with van der Waals surface area (Å²) in [6.07, 6.45) is 0. The average Bonchev–Trinajstić information content (AvgIpc) is 2.52. The third-order valence-electron chi connectivity index (χ3n) is 1.87. The molecule has 0 radical (unpaired) electrons. The van der Waals surface area contributed by atoms with Crippen LogP contribution in [-0.2, 0) is 9.47 Å². The van der Waals surface area contributed by atoms with Gasteiger partial charge in [0.15, 0.2) is 0 Å². The number of carbonyl (C=O) groups is 2. The first-order valence-electron chi connectivity index (χ1n) is 5.06. The number of methoxy groups -OCH3 is 1. The molecule has 1 heterocycles. The van der Waals surface area contributed by atoms with E-state index in [-0.39, 0.29) is 16.1 Å². The van der Waals surface area contributed by atoms with Crippen LogP contribution in [0.3, 0.4) is 0 Å². The summed E-state index contributed by atoms with van der Waals surface area (Å²) in [6.45, 7) is 5.21. The van der Waals surface area contributed by atoms with E-state index in [2.05, 4.69) is 20.7 Å². The molecule has 0 aliphatic heterocycles. The van der Waals surface area contributed by atoms with Gasteiger partial charge in [0.05, 0.1) is 16.6 Å². The van der Waals surface area contributed by atoms with Crippen LogP contribution in [0.4, 0.5) is 5.69 Å². The zero-order valence-electron chi connectivity index (χ0n) is 10.5. The van der Waals surface area contributed by atoms with Crippen molar-refractivity contribution in [1.29, 1.82) is 0 Å². The number of carbonyl (C=O) groups excluding carboxylic acids is 2. The quantitative estimate of drug-likeness (QED) is 0.840.